The minimum atomic E-state index is -0.306. The van der Waals surface area contributed by atoms with E-state index in [1.54, 1.807) is 30.0 Å². The lowest BCUT2D eigenvalue weighted by Crippen LogP contribution is -2.45. The molecule has 1 unspecified atom stereocenters. The fraction of sp³-hybridized carbons (Fsp3) is 0.400. The van der Waals surface area contributed by atoms with Crippen LogP contribution in [0.3, 0.4) is 0 Å². The van der Waals surface area contributed by atoms with Gasteiger partial charge in [-0.05, 0) is 31.4 Å². The number of piperidine rings is 1. The number of amides is 1. The molecule has 1 aliphatic rings. The average molecular weight is 262 g/mol. The third-order valence-electron chi connectivity index (χ3n) is 3.41. The van der Waals surface area contributed by atoms with Crippen LogP contribution in [0.4, 0.5) is 4.39 Å². The lowest BCUT2D eigenvalue weighted by Gasteiger charge is -2.30. The predicted octanol–water partition coefficient (Wildman–Crippen LogP) is 2.18. The highest BCUT2D eigenvalue weighted by Gasteiger charge is 2.20. The van der Waals surface area contributed by atoms with Gasteiger partial charge < -0.3 is 10.6 Å². The van der Waals surface area contributed by atoms with Gasteiger partial charge in [-0.1, -0.05) is 18.2 Å². The third-order valence-corrected chi connectivity index (χ3v) is 3.41. The van der Waals surface area contributed by atoms with E-state index in [4.69, 9.17) is 5.73 Å². The van der Waals surface area contributed by atoms with E-state index < -0.39 is 0 Å². The Hall–Kier alpha value is -1.68. The van der Waals surface area contributed by atoms with Crippen LogP contribution in [0.15, 0.2) is 30.3 Å². The summed E-state index contributed by atoms with van der Waals surface area (Å²) in [6.07, 6.45) is 3.38. The van der Waals surface area contributed by atoms with Crippen LogP contribution in [-0.4, -0.2) is 29.9 Å². The highest BCUT2D eigenvalue weighted by atomic mass is 19.1. The van der Waals surface area contributed by atoms with E-state index in [9.17, 15) is 9.18 Å². The molecular formula is C15H19FN2O. The molecule has 1 heterocycles. The maximum atomic E-state index is 13.6. The number of nitrogens with zero attached hydrogens (tertiary/aromatic N) is 1. The molecule has 1 fully saturated rings. The summed E-state index contributed by atoms with van der Waals surface area (Å²) in [5.74, 6) is -0.393. The molecule has 1 atom stereocenters. The Morgan fingerprint density at radius 3 is 2.89 bits per heavy atom. The lowest BCUT2D eigenvalue weighted by molar-refractivity contribution is -0.127. The number of carbonyl (C=O) groups is 1. The van der Waals surface area contributed by atoms with E-state index in [0.717, 1.165) is 19.4 Å². The molecule has 0 bridgehead atoms. The molecule has 1 aliphatic heterocycles. The molecule has 0 aliphatic carbocycles. The van der Waals surface area contributed by atoms with E-state index >= 15 is 0 Å². The van der Waals surface area contributed by atoms with E-state index in [0.29, 0.717) is 17.7 Å². The van der Waals surface area contributed by atoms with Crippen molar-refractivity contribution in [3.63, 3.8) is 0 Å². The highest BCUT2D eigenvalue weighted by Crippen LogP contribution is 2.18. The number of carbonyl (C=O) groups excluding carboxylic acids is 1. The molecule has 1 aromatic carbocycles. The van der Waals surface area contributed by atoms with Crippen molar-refractivity contribution in [1.29, 1.82) is 0 Å². The fourth-order valence-electron chi connectivity index (χ4n) is 2.35. The molecule has 0 radical (unpaired) electrons. The van der Waals surface area contributed by atoms with Gasteiger partial charge in [-0.2, -0.15) is 0 Å². The van der Waals surface area contributed by atoms with Crippen LogP contribution < -0.4 is 5.73 Å². The van der Waals surface area contributed by atoms with Crippen molar-refractivity contribution in [3.8, 4) is 0 Å². The van der Waals surface area contributed by atoms with Crippen LogP contribution in [-0.2, 0) is 4.79 Å². The maximum absolute atomic E-state index is 13.6. The van der Waals surface area contributed by atoms with Crippen molar-refractivity contribution in [3.05, 3.63) is 41.7 Å². The Bertz CT molecular complexity index is 499. The number of rotatable bonds is 2. The first-order valence-corrected chi connectivity index (χ1v) is 6.55. The van der Waals surface area contributed by atoms with E-state index in [1.165, 1.54) is 12.1 Å². The Labute approximate surface area is 112 Å². The zero-order valence-electron chi connectivity index (χ0n) is 11.1. The van der Waals surface area contributed by atoms with Crippen molar-refractivity contribution < 1.29 is 9.18 Å². The van der Waals surface area contributed by atoms with Gasteiger partial charge in [0.15, 0.2) is 0 Å². The molecule has 1 amide bonds. The zero-order chi connectivity index (χ0) is 13.8. The number of benzene rings is 1. The minimum absolute atomic E-state index is 0.0554. The second kappa shape index (κ2) is 5.97. The number of likely N-dealkylation sites (tertiary alicyclic amines) is 1. The van der Waals surface area contributed by atoms with Crippen LogP contribution in [0, 0.1) is 5.82 Å². The molecule has 102 valence electrons. The van der Waals surface area contributed by atoms with Gasteiger partial charge in [0.25, 0.3) is 0 Å². The van der Waals surface area contributed by atoms with Gasteiger partial charge >= 0.3 is 0 Å². The first-order chi connectivity index (χ1) is 9.08. The Kier molecular flexibility index (Phi) is 4.32. The van der Waals surface area contributed by atoms with Gasteiger partial charge in [-0.15, -0.1) is 0 Å². The topological polar surface area (TPSA) is 46.3 Å². The largest absolute Gasteiger partial charge is 0.338 e. The third kappa shape index (κ3) is 3.41. The molecule has 4 heteroatoms. The normalized spacial score (nSPS) is 20.5. The van der Waals surface area contributed by atoms with Crippen molar-refractivity contribution in [2.24, 2.45) is 5.73 Å². The first-order valence-electron chi connectivity index (χ1n) is 6.55. The van der Waals surface area contributed by atoms with Crippen LogP contribution in [0.2, 0.25) is 0 Å². The quantitative estimate of drug-likeness (QED) is 0.830. The van der Waals surface area contributed by atoms with Crippen molar-refractivity contribution >= 4 is 11.5 Å². The van der Waals surface area contributed by atoms with Gasteiger partial charge in [-0.3, -0.25) is 4.79 Å². The summed E-state index contributed by atoms with van der Waals surface area (Å²) < 4.78 is 13.6. The standard InChI is InChI=1S/C15H19FN2O/c1-11(13-6-2-3-7-14(13)16)9-15(19)18-8-4-5-12(17)10-18/h2-3,6-7,9,12H,4-5,8,10,17H2,1H3/b11-9+. The monoisotopic (exact) mass is 262 g/mol. The van der Waals surface area contributed by atoms with Gasteiger partial charge in [-0.25, -0.2) is 4.39 Å². The summed E-state index contributed by atoms with van der Waals surface area (Å²) >= 11 is 0. The highest BCUT2D eigenvalue weighted by molar-refractivity contribution is 5.95. The Morgan fingerprint density at radius 1 is 1.47 bits per heavy atom. The molecular weight excluding hydrogens is 243 g/mol. The number of hydrogen-bond donors (Lipinski definition) is 1. The Morgan fingerprint density at radius 2 is 2.21 bits per heavy atom. The lowest BCUT2D eigenvalue weighted by atomic mass is 10.0. The van der Waals surface area contributed by atoms with Crippen LogP contribution in [0.25, 0.3) is 5.57 Å². The summed E-state index contributed by atoms with van der Waals surface area (Å²) in [6.45, 7) is 3.06. The zero-order valence-corrected chi connectivity index (χ0v) is 11.1. The van der Waals surface area contributed by atoms with Crippen molar-refractivity contribution in [2.75, 3.05) is 13.1 Å². The average Bonchev–Trinajstić information content (AvgIpc) is 2.39. The van der Waals surface area contributed by atoms with E-state index in [2.05, 4.69) is 0 Å². The number of nitrogens with two attached hydrogens (primary N) is 1. The second-order valence-electron chi connectivity index (χ2n) is 4.99. The number of halogens is 1. The van der Waals surface area contributed by atoms with Gasteiger partial charge in [0, 0.05) is 30.8 Å². The summed E-state index contributed by atoms with van der Waals surface area (Å²) in [7, 11) is 0. The van der Waals surface area contributed by atoms with Gasteiger partial charge in [0.2, 0.25) is 5.91 Å². The van der Waals surface area contributed by atoms with Gasteiger partial charge in [0.1, 0.15) is 5.82 Å². The van der Waals surface area contributed by atoms with Crippen LogP contribution in [0.5, 0.6) is 0 Å². The van der Waals surface area contributed by atoms with Crippen LogP contribution >= 0.6 is 0 Å². The summed E-state index contributed by atoms with van der Waals surface area (Å²) in [5.41, 5.74) is 6.96. The molecule has 1 saturated heterocycles. The molecule has 3 nitrogen and oxygen atoms in total. The molecule has 0 aromatic heterocycles. The second-order valence-corrected chi connectivity index (χ2v) is 4.99. The van der Waals surface area contributed by atoms with Gasteiger partial charge in [0.05, 0.1) is 0 Å². The van der Waals surface area contributed by atoms with E-state index in [-0.39, 0.29) is 17.8 Å². The molecule has 2 N–H and O–H groups in total. The summed E-state index contributed by atoms with van der Waals surface area (Å²) in [6, 6.07) is 6.53. The molecule has 1 aromatic rings. The molecule has 2 rings (SSSR count). The van der Waals surface area contributed by atoms with Crippen LogP contribution in [0.1, 0.15) is 25.3 Å². The molecule has 19 heavy (non-hydrogen) atoms. The fourth-order valence-corrected chi connectivity index (χ4v) is 2.35. The Balaban J connectivity index is 2.12. The van der Waals surface area contributed by atoms with Crippen molar-refractivity contribution in [2.45, 2.75) is 25.8 Å². The first kappa shape index (κ1) is 13.7. The van der Waals surface area contributed by atoms with E-state index in [1.807, 2.05) is 0 Å². The number of allylic oxidation sites excluding steroid dienone is 1. The van der Waals surface area contributed by atoms with Crippen molar-refractivity contribution in [1.82, 2.24) is 4.90 Å². The molecule has 0 spiro atoms. The minimum Gasteiger partial charge on any atom is -0.338 e. The summed E-state index contributed by atoms with van der Waals surface area (Å²) in [4.78, 5) is 13.8. The smallest absolute Gasteiger partial charge is 0.246 e. The number of hydrogen-bond acceptors (Lipinski definition) is 2. The maximum Gasteiger partial charge on any atom is 0.246 e. The SMILES string of the molecule is C/C(=C\C(=O)N1CCCC(N)C1)c1ccccc1F. The molecule has 0 saturated carbocycles. The predicted molar refractivity (Wildman–Crippen MR) is 73.8 cm³/mol. The summed E-state index contributed by atoms with van der Waals surface area (Å²) in [5, 5.41) is 0.